The second-order valence-electron chi connectivity index (χ2n) is 6.58. The van der Waals surface area contributed by atoms with E-state index in [0.29, 0.717) is 0 Å². The number of imide groups is 1. The molecule has 1 aliphatic rings. The number of likely N-dealkylation sites (tertiary alicyclic amines) is 1. The largest absolute Gasteiger partial charge is 0.460 e. The number of hydrogen-bond donors (Lipinski definition) is 0. The summed E-state index contributed by atoms with van der Waals surface area (Å²) < 4.78 is 275. The lowest BCUT2D eigenvalue weighted by Crippen LogP contribution is -2.80. The first-order chi connectivity index (χ1) is 15.2. The first kappa shape index (κ1) is 31.7. The van der Waals surface area contributed by atoms with Crippen LogP contribution < -0.4 is 0 Å². The number of hydrogen-bond acceptors (Lipinski definition) is 2. The van der Waals surface area contributed by atoms with E-state index in [9.17, 15) is 102 Å². The van der Waals surface area contributed by atoms with Gasteiger partial charge in [-0.25, -0.2) is 4.90 Å². The van der Waals surface area contributed by atoms with Gasteiger partial charge in [0.05, 0.1) is 0 Å². The highest BCUT2D eigenvalue weighted by Gasteiger charge is 2.96. The Morgan fingerprint density at radius 2 is 0.694 bits per heavy atom. The van der Waals surface area contributed by atoms with Crippen LogP contribution in [-0.4, -0.2) is 76.3 Å². The first-order valence-electron chi connectivity index (χ1n) is 7.55. The van der Waals surface area contributed by atoms with E-state index in [-0.39, 0.29) is 0 Å². The molecule has 3 nitrogen and oxygen atoms in total. The van der Waals surface area contributed by atoms with Gasteiger partial charge in [-0.15, -0.1) is 0 Å². The molecular weight excluding hydrogens is 589 g/mol. The number of amides is 2. The molecule has 0 spiro atoms. The quantitative estimate of drug-likeness (QED) is 0.230. The third-order valence-electron chi connectivity index (χ3n) is 4.32. The van der Waals surface area contributed by atoms with Crippen LogP contribution in [0.2, 0.25) is 0 Å². The summed E-state index contributed by atoms with van der Waals surface area (Å²) in [5.41, 5.74) is 0. The molecule has 36 heavy (non-hydrogen) atoms. The lowest BCUT2D eigenvalue weighted by atomic mass is 9.90. The molecule has 1 aliphatic heterocycles. The molecule has 2 amide bonds. The van der Waals surface area contributed by atoms with Crippen molar-refractivity contribution in [2.75, 3.05) is 0 Å². The Labute approximate surface area is 179 Å². The standard InChI is InChI=1S/C12F21NO2/c13-3(14)1(35)34(2(36)4(15,16)5(3,17)18)12(32,33)10(27,28)8(23,24)6(19,20)7(21,22)9(25,26)11(29,30)31. The van der Waals surface area contributed by atoms with Gasteiger partial charge in [0.1, 0.15) is 0 Å². The summed E-state index contributed by atoms with van der Waals surface area (Å²) in [4.78, 5) is 18.1. The molecular formula is C12F21NO2. The normalized spacial score (nSPS) is 22.2. The van der Waals surface area contributed by atoms with Gasteiger partial charge in [-0.1, -0.05) is 0 Å². The fourth-order valence-electron chi connectivity index (χ4n) is 2.19. The summed E-state index contributed by atoms with van der Waals surface area (Å²) in [5, 5.41) is 0. The predicted octanol–water partition coefficient (Wildman–Crippen LogP) is 5.59. The second-order valence-corrected chi connectivity index (χ2v) is 6.58. The van der Waals surface area contributed by atoms with Crippen molar-refractivity contribution in [2.24, 2.45) is 0 Å². The Hall–Kier alpha value is -2.33. The number of nitrogens with zero attached hydrogens (tertiary/aromatic N) is 1. The van der Waals surface area contributed by atoms with E-state index in [2.05, 4.69) is 0 Å². The predicted molar refractivity (Wildman–Crippen MR) is 62.4 cm³/mol. The number of halogens is 21. The molecule has 1 fully saturated rings. The zero-order valence-electron chi connectivity index (χ0n) is 15.2. The molecule has 0 atom stereocenters. The van der Waals surface area contributed by atoms with E-state index in [1.54, 1.807) is 0 Å². The highest BCUT2D eigenvalue weighted by Crippen LogP contribution is 2.64. The molecule has 0 radical (unpaired) electrons. The SMILES string of the molecule is O=C1N(C(F)(F)C(F)(F)C(F)(F)C(F)(F)C(F)(F)C(F)(F)C(F)(F)F)C(=O)C(F)(F)C(F)(F)C1(F)F. The summed E-state index contributed by atoms with van der Waals surface area (Å²) in [7, 11) is 0. The molecule has 1 heterocycles. The molecule has 0 bridgehead atoms. The topological polar surface area (TPSA) is 37.4 Å². The third-order valence-corrected chi connectivity index (χ3v) is 4.32. The fraction of sp³-hybridized carbons (Fsp3) is 0.833. The van der Waals surface area contributed by atoms with Gasteiger partial charge in [-0.05, 0) is 0 Å². The maximum Gasteiger partial charge on any atom is 0.460 e. The highest BCUT2D eigenvalue weighted by atomic mass is 19.4. The Morgan fingerprint density at radius 3 is 0.972 bits per heavy atom. The summed E-state index contributed by atoms with van der Waals surface area (Å²) in [6.45, 7) is 0. The van der Waals surface area contributed by atoms with E-state index in [4.69, 9.17) is 0 Å². The Bertz CT molecular complexity index is 900. The average Bonchev–Trinajstić information content (AvgIpc) is 2.64. The van der Waals surface area contributed by atoms with Gasteiger partial charge in [0.2, 0.25) is 0 Å². The van der Waals surface area contributed by atoms with E-state index < -0.39 is 76.3 Å². The maximum atomic E-state index is 13.8. The van der Waals surface area contributed by atoms with Crippen LogP contribution in [0.3, 0.4) is 0 Å². The molecule has 0 saturated carbocycles. The molecule has 0 N–H and O–H groups in total. The Kier molecular flexibility index (Phi) is 6.49. The van der Waals surface area contributed by atoms with Crippen molar-refractivity contribution >= 4 is 11.8 Å². The lowest BCUT2D eigenvalue weighted by molar-refractivity contribution is -0.459. The van der Waals surface area contributed by atoms with Gasteiger partial charge in [-0.3, -0.25) is 9.59 Å². The lowest BCUT2D eigenvalue weighted by Gasteiger charge is -2.46. The van der Waals surface area contributed by atoms with Crippen molar-refractivity contribution in [2.45, 2.75) is 59.6 Å². The second kappa shape index (κ2) is 7.37. The molecule has 0 aromatic carbocycles. The minimum absolute atomic E-state index is 3.87. The van der Waals surface area contributed by atoms with Crippen LogP contribution in [0.15, 0.2) is 0 Å². The van der Waals surface area contributed by atoms with Gasteiger partial charge in [0, 0.05) is 0 Å². The Balaban J connectivity index is 3.88. The summed E-state index contributed by atoms with van der Waals surface area (Å²) in [6, 6.07) is -8.43. The van der Waals surface area contributed by atoms with E-state index >= 15 is 0 Å². The third kappa shape index (κ3) is 3.25. The molecule has 0 aliphatic carbocycles. The molecule has 1 saturated heterocycles. The molecule has 1 rings (SSSR count). The van der Waals surface area contributed by atoms with E-state index in [1.807, 2.05) is 0 Å². The Morgan fingerprint density at radius 1 is 0.444 bits per heavy atom. The number of rotatable bonds is 6. The van der Waals surface area contributed by atoms with Crippen LogP contribution in [0.1, 0.15) is 0 Å². The van der Waals surface area contributed by atoms with Gasteiger partial charge in [0.15, 0.2) is 0 Å². The van der Waals surface area contributed by atoms with Crippen molar-refractivity contribution < 1.29 is 102 Å². The molecule has 0 aromatic heterocycles. The fourth-order valence-corrected chi connectivity index (χ4v) is 2.19. The molecule has 212 valence electrons. The van der Waals surface area contributed by atoms with Crippen LogP contribution >= 0.6 is 0 Å². The zero-order valence-corrected chi connectivity index (χ0v) is 15.2. The maximum absolute atomic E-state index is 13.8. The summed E-state index contributed by atoms with van der Waals surface area (Å²) >= 11 is 0. The molecule has 0 unspecified atom stereocenters. The average molecular weight is 589 g/mol. The van der Waals surface area contributed by atoms with Crippen LogP contribution in [-0.2, 0) is 9.59 Å². The number of carbonyl (C=O) groups is 2. The van der Waals surface area contributed by atoms with Crippen molar-refractivity contribution in [3.05, 3.63) is 0 Å². The first-order valence-corrected chi connectivity index (χ1v) is 7.55. The monoisotopic (exact) mass is 589 g/mol. The van der Waals surface area contributed by atoms with Crippen molar-refractivity contribution in [3.63, 3.8) is 0 Å². The molecule has 24 heteroatoms. The van der Waals surface area contributed by atoms with Crippen LogP contribution in [0.25, 0.3) is 0 Å². The van der Waals surface area contributed by atoms with Gasteiger partial charge in [0.25, 0.3) is 0 Å². The minimum Gasteiger partial charge on any atom is -0.267 e. The number of alkyl halides is 21. The van der Waals surface area contributed by atoms with Crippen LogP contribution in [0, 0.1) is 0 Å². The summed E-state index contributed by atoms with van der Waals surface area (Å²) in [6.07, 6.45) is -8.01. The zero-order chi connectivity index (χ0) is 29.7. The van der Waals surface area contributed by atoms with Crippen molar-refractivity contribution in [1.82, 2.24) is 4.90 Å². The van der Waals surface area contributed by atoms with Crippen molar-refractivity contribution in [3.8, 4) is 0 Å². The van der Waals surface area contributed by atoms with Gasteiger partial charge in [-0.2, -0.15) is 92.2 Å². The van der Waals surface area contributed by atoms with Crippen LogP contribution in [0.4, 0.5) is 92.2 Å². The summed E-state index contributed by atoms with van der Waals surface area (Å²) in [5.74, 6) is -76.5. The number of carbonyl (C=O) groups excluding carboxylic acids is 2. The highest BCUT2D eigenvalue weighted by molar-refractivity contribution is 6.06. The minimum atomic E-state index is -9.08. The van der Waals surface area contributed by atoms with E-state index in [1.165, 1.54) is 0 Å². The van der Waals surface area contributed by atoms with Gasteiger partial charge < -0.3 is 0 Å². The molecule has 0 aromatic rings. The smallest absolute Gasteiger partial charge is 0.267 e. The van der Waals surface area contributed by atoms with Crippen LogP contribution in [0.5, 0.6) is 0 Å². The van der Waals surface area contributed by atoms with E-state index in [0.717, 1.165) is 0 Å². The number of piperidine rings is 1. The van der Waals surface area contributed by atoms with Gasteiger partial charge >= 0.3 is 71.4 Å². The van der Waals surface area contributed by atoms with Crippen molar-refractivity contribution in [1.29, 1.82) is 0 Å².